The predicted octanol–water partition coefficient (Wildman–Crippen LogP) is 3.44. The zero-order valence-corrected chi connectivity index (χ0v) is 14.8. The molecule has 0 unspecified atom stereocenters. The van der Waals surface area contributed by atoms with Gasteiger partial charge in [0.25, 0.3) is 0 Å². The molecule has 2 amide bonds. The minimum absolute atomic E-state index is 0.208. The highest BCUT2D eigenvalue weighted by Crippen LogP contribution is 2.33. The molecule has 0 heterocycles. The summed E-state index contributed by atoms with van der Waals surface area (Å²) in [6.45, 7) is 0. The molecule has 6 heteroatoms. The highest BCUT2D eigenvalue weighted by Gasteiger charge is 2.19. The van der Waals surface area contributed by atoms with Crippen LogP contribution >= 0.6 is 0 Å². The molecule has 6 nitrogen and oxygen atoms in total. The topological polar surface area (TPSA) is 85.9 Å². The standard InChI is InChI=1S/C20H23N3O3/c1-25-17-12-11-15(13-18(17)26-16-9-5-6-10-16)19(22-23-20(21)24)14-7-3-2-4-8-14/h2-4,7-8,11-13,16H,5-6,9-10H2,1H3,(H3,21,23,24)/b22-19+. The lowest BCUT2D eigenvalue weighted by Gasteiger charge is -2.17. The predicted molar refractivity (Wildman–Crippen MR) is 101 cm³/mol. The van der Waals surface area contributed by atoms with E-state index in [0.29, 0.717) is 17.2 Å². The number of urea groups is 1. The van der Waals surface area contributed by atoms with Crippen molar-refractivity contribution in [2.24, 2.45) is 10.8 Å². The summed E-state index contributed by atoms with van der Waals surface area (Å²) in [7, 11) is 1.62. The molecular weight excluding hydrogens is 330 g/mol. The largest absolute Gasteiger partial charge is 0.493 e. The average Bonchev–Trinajstić information content (AvgIpc) is 3.16. The Labute approximate surface area is 153 Å². The van der Waals surface area contributed by atoms with E-state index in [-0.39, 0.29) is 6.10 Å². The van der Waals surface area contributed by atoms with Gasteiger partial charge in [0.1, 0.15) is 0 Å². The first kappa shape index (κ1) is 17.8. The van der Waals surface area contributed by atoms with Crippen LogP contribution in [-0.2, 0) is 0 Å². The number of hydrazone groups is 1. The monoisotopic (exact) mass is 353 g/mol. The maximum atomic E-state index is 11.1. The molecule has 0 atom stereocenters. The zero-order chi connectivity index (χ0) is 18.4. The van der Waals surface area contributed by atoms with Gasteiger partial charge in [0.2, 0.25) is 0 Å². The fraction of sp³-hybridized carbons (Fsp3) is 0.300. The molecule has 2 aromatic carbocycles. The van der Waals surface area contributed by atoms with Crippen LogP contribution in [0, 0.1) is 0 Å². The second-order valence-corrected chi connectivity index (χ2v) is 6.19. The van der Waals surface area contributed by atoms with E-state index in [4.69, 9.17) is 15.2 Å². The van der Waals surface area contributed by atoms with E-state index >= 15 is 0 Å². The van der Waals surface area contributed by atoms with E-state index < -0.39 is 6.03 Å². The van der Waals surface area contributed by atoms with Gasteiger partial charge >= 0.3 is 6.03 Å². The number of carbonyl (C=O) groups excluding carboxylic acids is 1. The van der Waals surface area contributed by atoms with Crippen LogP contribution in [0.5, 0.6) is 11.5 Å². The number of ether oxygens (including phenoxy) is 2. The molecule has 1 fully saturated rings. The van der Waals surface area contributed by atoms with Crippen molar-refractivity contribution in [2.45, 2.75) is 31.8 Å². The molecule has 1 aliphatic rings. The summed E-state index contributed by atoms with van der Waals surface area (Å²) in [5.41, 5.74) is 9.76. The van der Waals surface area contributed by atoms with Crippen molar-refractivity contribution < 1.29 is 14.3 Å². The van der Waals surface area contributed by atoms with Gasteiger partial charge in [-0.15, -0.1) is 0 Å². The van der Waals surface area contributed by atoms with Crippen molar-refractivity contribution in [3.05, 3.63) is 59.7 Å². The van der Waals surface area contributed by atoms with Crippen LogP contribution in [0.3, 0.4) is 0 Å². The Morgan fingerprint density at radius 2 is 1.81 bits per heavy atom. The van der Waals surface area contributed by atoms with Gasteiger partial charge in [0.05, 0.1) is 18.9 Å². The van der Waals surface area contributed by atoms with Crippen LogP contribution in [-0.4, -0.2) is 25.0 Å². The third-order valence-corrected chi connectivity index (χ3v) is 4.36. The number of nitrogens with one attached hydrogen (secondary N) is 1. The summed E-state index contributed by atoms with van der Waals surface area (Å²) < 4.78 is 11.6. The smallest absolute Gasteiger partial charge is 0.332 e. The summed E-state index contributed by atoms with van der Waals surface area (Å²) in [6, 6.07) is 14.5. The lowest BCUT2D eigenvalue weighted by molar-refractivity contribution is 0.201. The summed E-state index contributed by atoms with van der Waals surface area (Å²) in [6.07, 6.45) is 4.68. The fourth-order valence-electron chi connectivity index (χ4n) is 3.10. The zero-order valence-electron chi connectivity index (χ0n) is 14.8. The number of rotatable bonds is 6. The van der Waals surface area contributed by atoms with E-state index in [1.807, 2.05) is 48.5 Å². The van der Waals surface area contributed by atoms with E-state index in [1.165, 1.54) is 12.8 Å². The van der Waals surface area contributed by atoms with E-state index in [1.54, 1.807) is 7.11 Å². The molecular formula is C20H23N3O3. The molecule has 1 saturated carbocycles. The van der Waals surface area contributed by atoms with E-state index in [9.17, 15) is 4.79 Å². The number of nitrogens with two attached hydrogens (primary N) is 1. The van der Waals surface area contributed by atoms with Crippen molar-refractivity contribution in [3.63, 3.8) is 0 Å². The lowest BCUT2D eigenvalue weighted by Crippen LogP contribution is -2.26. The molecule has 0 bridgehead atoms. The first-order chi connectivity index (χ1) is 12.7. The van der Waals surface area contributed by atoms with Crippen molar-refractivity contribution in [3.8, 4) is 11.5 Å². The summed E-state index contributed by atoms with van der Waals surface area (Å²) >= 11 is 0. The summed E-state index contributed by atoms with van der Waals surface area (Å²) in [5, 5.41) is 4.19. The van der Waals surface area contributed by atoms with Gasteiger partial charge in [-0.25, -0.2) is 10.2 Å². The third-order valence-electron chi connectivity index (χ3n) is 4.36. The van der Waals surface area contributed by atoms with Crippen LogP contribution in [0.4, 0.5) is 4.79 Å². The second kappa shape index (κ2) is 8.38. The number of primary amides is 1. The lowest BCUT2D eigenvalue weighted by atomic mass is 10.0. The molecule has 1 aliphatic carbocycles. The Morgan fingerprint density at radius 3 is 2.46 bits per heavy atom. The third kappa shape index (κ3) is 4.33. The van der Waals surface area contributed by atoms with Gasteiger partial charge in [0, 0.05) is 11.1 Å². The van der Waals surface area contributed by atoms with E-state index in [2.05, 4.69) is 10.5 Å². The van der Waals surface area contributed by atoms with Crippen LogP contribution in [0.1, 0.15) is 36.8 Å². The molecule has 2 aromatic rings. The normalized spacial score (nSPS) is 14.9. The van der Waals surface area contributed by atoms with Gasteiger partial charge in [0.15, 0.2) is 11.5 Å². The SMILES string of the molecule is COc1ccc(/C(=N/NC(N)=O)c2ccccc2)cc1OC1CCCC1. The molecule has 0 radical (unpaired) electrons. The Morgan fingerprint density at radius 1 is 1.08 bits per heavy atom. The van der Waals surface area contributed by atoms with Crippen molar-refractivity contribution in [2.75, 3.05) is 7.11 Å². The van der Waals surface area contributed by atoms with Gasteiger partial charge in [-0.1, -0.05) is 30.3 Å². The number of benzene rings is 2. The van der Waals surface area contributed by atoms with Crippen LogP contribution in [0.25, 0.3) is 0 Å². The Kier molecular flexibility index (Phi) is 5.73. The maximum Gasteiger partial charge on any atom is 0.332 e. The number of nitrogens with zero attached hydrogens (tertiary/aromatic N) is 1. The first-order valence-electron chi connectivity index (χ1n) is 8.71. The van der Waals surface area contributed by atoms with Gasteiger partial charge in [-0.3, -0.25) is 0 Å². The molecule has 3 rings (SSSR count). The molecule has 26 heavy (non-hydrogen) atoms. The first-order valence-corrected chi connectivity index (χ1v) is 8.71. The fourth-order valence-corrected chi connectivity index (χ4v) is 3.10. The highest BCUT2D eigenvalue weighted by atomic mass is 16.5. The van der Waals surface area contributed by atoms with Crippen LogP contribution in [0.2, 0.25) is 0 Å². The summed E-state index contributed by atoms with van der Waals surface area (Å²) in [4.78, 5) is 11.1. The van der Waals surface area contributed by atoms with Crippen molar-refractivity contribution in [1.29, 1.82) is 0 Å². The number of methoxy groups -OCH3 is 1. The maximum absolute atomic E-state index is 11.1. The number of amides is 2. The van der Waals surface area contributed by atoms with E-state index in [0.717, 1.165) is 24.0 Å². The molecule has 3 N–H and O–H groups in total. The van der Waals surface area contributed by atoms with Crippen molar-refractivity contribution in [1.82, 2.24) is 5.43 Å². The molecule has 0 aliphatic heterocycles. The quantitative estimate of drug-likeness (QED) is 0.616. The molecule has 0 spiro atoms. The number of hydrogen-bond acceptors (Lipinski definition) is 4. The molecule has 0 saturated heterocycles. The number of carbonyl (C=O) groups is 1. The van der Waals surface area contributed by atoms with Crippen LogP contribution < -0.4 is 20.6 Å². The molecule has 0 aromatic heterocycles. The minimum atomic E-state index is -0.714. The number of hydrogen-bond donors (Lipinski definition) is 2. The average molecular weight is 353 g/mol. The summed E-state index contributed by atoms with van der Waals surface area (Å²) in [5.74, 6) is 1.36. The van der Waals surface area contributed by atoms with Gasteiger partial charge in [-0.05, 0) is 43.9 Å². The Balaban J connectivity index is 1.97. The van der Waals surface area contributed by atoms with Crippen LogP contribution in [0.15, 0.2) is 53.6 Å². The Bertz CT molecular complexity index is 784. The minimum Gasteiger partial charge on any atom is -0.493 e. The highest BCUT2D eigenvalue weighted by molar-refractivity contribution is 6.13. The van der Waals surface area contributed by atoms with Crippen molar-refractivity contribution >= 4 is 11.7 Å². The molecule has 136 valence electrons. The second-order valence-electron chi connectivity index (χ2n) is 6.19. The van der Waals surface area contributed by atoms with Gasteiger partial charge in [-0.2, -0.15) is 5.10 Å². The van der Waals surface area contributed by atoms with Gasteiger partial charge < -0.3 is 15.2 Å². The Hall–Kier alpha value is -3.02.